The molecule has 1 unspecified atom stereocenters. The van der Waals surface area contributed by atoms with Crippen molar-refractivity contribution in [3.8, 4) is 0 Å². The van der Waals surface area contributed by atoms with Gasteiger partial charge in [0, 0.05) is 6.54 Å². The van der Waals surface area contributed by atoms with Crippen LogP contribution in [-0.2, 0) is 11.3 Å². The maximum Gasteiger partial charge on any atom is 0.407 e. The van der Waals surface area contributed by atoms with Gasteiger partial charge in [-0.1, -0.05) is 37.3 Å². The van der Waals surface area contributed by atoms with Crippen molar-refractivity contribution in [2.24, 2.45) is 0 Å². The molecule has 1 amide bonds. The Kier molecular flexibility index (Phi) is 3.90. The minimum absolute atomic E-state index is 0.541. The van der Waals surface area contributed by atoms with Gasteiger partial charge in [-0.15, -0.1) is 0 Å². The number of carbonyl (C=O) groups is 1. The highest BCUT2D eigenvalue weighted by atomic mass is 16.5. The molecule has 0 heterocycles. The first kappa shape index (κ1) is 9.06. The van der Waals surface area contributed by atoms with E-state index in [1.54, 1.807) is 12.1 Å². The predicted molar refractivity (Wildman–Crippen MR) is 54.9 cm³/mol. The Morgan fingerprint density at radius 1 is 1.50 bits per heavy atom. The molecule has 3 nitrogen and oxygen atoms in total. The van der Waals surface area contributed by atoms with Crippen LogP contribution in [0.25, 0.3) is 0 Å². The third-order valence-corrected chi connectivity index (χ3v) is 1.62. The van der Waals surface area contributed by atoms with Crippen LogP contribution < -0.4 is 5.32 Å². The number of rotatable bonds is 4. The number of nitrogens with one attached hydrogen (secondary N) is 1. The van der Waals surface area contributed by atoms with E-state index in [4.69, 9.17) is 6.11 Å². The Balaban J connectivity index is 2.42. The van der Waals surface area contributed by atoms with E-state index in [2.05, 4.69) is 5.32 Å². The first-order chi connectivity index (χ1) is 7.24. The third kappa shape index (κ3) is 3.94. The minimum Gasteiger partial charge on any atom is -0.445 e. The van der Waals surface area contributed by atoms with Gasteiger partial charge in [0.1, 0.15) is 6.58 Å². The second kappa shape index (κ2) is 6.02. The van der Waals surface area contributed by atoms with Crippen molar-refractivity contribution < 1.29 is 10.9 Å². The molecule has 3 heteroatoms. The maximum absolute atomic E-state index is 11.1. The molecule has 0 radical (unpaired) electrons. The number of amides is 1. The topological polar surface area (TPSA) is 38.3 Å². The average molecular weight is 194 g/mol. The Hall–Kier alpha value is -1.51. The lowest BCUT2D eigenvalue weighted by Crippen LogP contribution is -2.24. The van der Waals surface area contributed by atoms with Crippen molar-refractivity contribution in [2.75, 3.05) is 6.54 Å². The van der Waals surface area contributed by atoms with Gasteiger partial charge in [-0.3, -0.25) is 0 Å². The van der Waals surface area contributed by atoms with E-state index in [-0.39, 0.29) is 0 Å². The summed E-state index contributed by atoms with van der Waals surface area (Å²) in [6, 6.07) is 8.98. The van der Waals surface area contributed by atoms with Crippen molar-refractivity contribution in [3.63, 3.8) is 0 Å². The fraction of sp³-hybridized carbons (Fsp3) is 0.364. The highest BCUT2D eigenvalue weighted by molar-refractivity contribution is 5.67. The number of hydrogen-bond acceptors (Lipinski definition) is 2. The predicted octanol–water partition coefficient (Wildman–Crippen LogP) is 2.32. The molecule has 0 saturated heterocycles. The van der Waals surface area contributed by atoms with Gasteiger partial charge in [0.05, 0.1) is 1.37 Å². The second-order valence-corrected chi connectivity index (χ2v) is 2.86. The maximum atomic E-state index is 11.1. The van der Waals surface area contributed by atoms with Crippen LogP contribution in [0.3, 0.4) is 0 Å². The molecule has 1 aromatic carbocycles. The van der Waals surface area contributed by atoms with Crippen molar-refractivity contribution in [2.45, 2.75) is 19.9 Å². The Bertz CT molecular complexity index is 303. The summed E-state index contributed by atoms with van der Waals surface area (Å²) in [5, 5.41) is 2.55. The van der Waals surface area contributed by atoms with Crippen LogP contribution in [-0.4, -0.2) is 12.6 Å². The molecule has 0 bridgehead atoms. The molecule has 14 heavy (non-hydrogen) atoms. The minimum atomic E-state index is -0.956. The zero-order chi connectivity index (χ0) is 11.1. The van der Waals surface area contributed by atoms with Gasteiger partial charge in [-0.2, -0.15) is 0 Å². The van der Waals surface area contributed by atoms with Crippen molar-refractivity contribution in [1.82, 2.24) is 5.32 Å². The molecule has 0 aliphatic heterocycles. The summed E-state index contributed by atoms with van der Waals surface area (Å²) in [5.41, 5.74) is 0.671. The first-order valence-corrected chi connectivity index (χ1v) is 4.65. The van der Waals surface area contributed by atoms with Crippen molar-refractivity contribution in [3.05, 3.63) is 35.9 Å². The molecule has 1 N–H and O–H groups in total. The summed E-state index contributed by atoms with van der Waals surface area (Å²) in [6.07, 6.45) is 0.309. The molecule has 76 valence electrons. The summed E-state index contributed by atoms with van der Waals surface area (Å²) in [5.74, 6) is 0. The van der Waals surface area contributed by atoms with Gasteiger partial charge in [0.15, 0.2) is 0 Å². The van der Waals surface area contributed by atoms with Gasteiger partial charge in [-0.25, -0.2) is 4.79 Å². The quantitative estimate of drug-likeness (QED) is 0.798. The number of alkyl carbamates (subject to hydrolysis) is 1. The molecule has 0 aliphatic rings. The van der Waals surface area contributed by atoms with E-state index >= 15 is 0 Å². The molecular weight excluding hydrogens is 178 g/mol. The number of carbonyl (C=O) groups excluding carboxylic acids is 1. The highest BCUT2D eigenvalue weighted by Gasteiger charge is 1.99. The monoisotopic (exact) mass is 194 g/mol. The lowest BCUT2D eigenvalue weighted by Gasteiger charge is -2.05. The fourth-order valence-electron chi connectivity index (χ4n) is 0.922. The van der Waals surface area contributed by atoms with E-state index in [0.29, 0.717) is 12.1 Å². The molecule has 1 aromatic rings. The molecule has 1 rings (SSSR count). The molecule has 0 spiro atoms. The Labute approximate surface area is 85.5 Å². The summed E-state index contributed by atoms with van der Waals surface area (Å²) in [6.45, 7) is 1.57. The zero-order valence-electron chi connectivity index (χ0n) is 9.19. The number of benzene rings is 1. The van der Waals surface area contributed by atoms with Gasteiger partial charge >= 0.3 is 6.09 Å². The van der Waals surface area contributed by atoms with Crippen LogP contribution in [0.15, 0.2) is 30.3 Å². The summed E-state index contributed by atoms with van der Waals surface area (Å²) in [7, 11) is 0. The SMILES string of the molecule is [2H]C(OC(=O)NCCC)c1ccccc1. The van der Waals surface area contributed by atoms with Crippen LogP contribution in [0.2, 0.25) is 0 Å². The van der Waals surface area contributed by atoms with Gasteiger partial charge in [-0.05, 0) is 12.0 Å². The van der Waals surface area contributed by atoms with Crippen LogP contribution >= 0.6 is 0 Å². The summed E-state index contributed by atoms with van der Waals surface area (Å²) >= 11 is 0. The van der Waals surface area contributed by atoms with E-state index in [9.17, 15) is 4.79 Å². The van der Waals surface area contributed by atoms with E-state index in [1.807, 2.05) is 25.1 Å². The van der Waals surface area contributed by atoms with Crippen molar-refractivity contribution >= 4 is 6.09 Å². The highest BCUT2D eigenvalue weighted by Crippen LogP contribution is 2.00. The Morgan fingerprint density at radius 3 is 2.86 bits per heavy atom. The van der Waals surface area contributed by atoms with Gasteiger partial charge < -0.3 is 10.1 Å². The molecule has 0 fully saturated rings. The van der Waals surface area contributed by atoms with Crippen LogP contribution in [0.4, 0.5) is 4.79 Å². The van der Waals surface area contributed by atoms with Crippen LogP contribution in [0, 0.1) is 0 Å². The smallest absolute Gasteiger partial charge is 0.407 e. The zero-order valence-corrected chi connectivity index (χ0v) is 8.19. The normalized spacial score (nSPS) is 12.8. The standard InChI is InChI=1S/C11H15NO2/c1-2-8-12-11(13)14-9-10-6-4-3-5-7-10/h3-7H,2,8-9H2,1H3,(H,12,13)/i9D. The molecular formula is C11H15NO2. The molecule has 0 saturated carbocycles. The molecule has 0 aliphatic carbocycles. The molecule has 1 atom stereocenters. The Morgan fingerprint density at radius 2 is 2.21 bits per heavy atom. The summed E-state index contributed by atoms with van der Waals surface area (Å²) in [4.78, 5) is 11.1. The first-order valence-electron chi connectivity index (χ1n) is 5.23. The molecule has 0 aromatic heterocycles. The van der Waals surface area contributed by atoms with Gasteiger partial charge in [0.2, 0.25) is 0 Å². The lowest BCUT2D eigenvalue weighted by molar-refractivity contribution is 0.139. The van der Waals surface area contributed by atoms with E-state index < -0.39 is 12.7 Å². The number of ether oxygens (including phenoxy) is 1. The number of hydrogen-bond donors (Lipinski definition) is 1. The van der Waals surface area contributed by atoms with Crippen LogP contribution in [0.1, 0.15) is 20.3 Å². The average Bonchev–Trinajstić information content (AvgIpc) is 2.27. The van der Waals surface area contributed by atoms with Gasteiger partial charge in [0.25, 0.3) is 0 Å². The second-order valence-electron chi connectivity index (χ2n) is 2.86. The lowest BCUT2D eigenvalue weighted by atomic mass is 10.2. The van der Waals surface area contributed by atoms with Crippen LogP contribution in [0.5, 0.6) is 0 Å². The largest absolute Gasteiger partial charge is 0.445 e. The summed E-state index contributed by atoms with van der Waals surface area (Å²) < 4.78 is 12.5. The fourth-order valence-corrected chi connectivity index (χ4v) is 0.922. The van der Waals surface area contributed by atoms with Crippen molar-refractivity contribution in [1.29, 1.82) is 0 Å². The van der Waals surface area contributed by atoms with E-state index in [0.717, 1.165) is 6.42 Å². The van der Waals surface area contributed by atoms with E-state index in [1.165, 1.54) is 0 Å². The third-order valence-electron chi connectivity index (χ3n) is 1.62.